The molecule has 5 rings (SSSR count). The van der Waals surface area contributed by atoms with E-state index in [1.54, 1.807) is 0 Å². The van der Waals surface area contributed by atoms with E-state index in [0.717, 1.165) is 42.6 Å². The number of amides is 1. The predicted molar refractivity (Wildman–Crippen MR) is 153 cm³/mol. The maximum Gasteiger partial charge on any atom is 0.262 e. The summed E-state index contributed by atoms with van der Waals surface area (Å²) < 4.78 is 25.7. The van der Waals surface area contributed by atoms with Crippen LogP contribution in [0.3, 0.4) is 0 Å². The van der Waals surface area contributed by atoms with Gasteiger partial charge in [0.15, 0.2) is 29.7 Å². The fourth-order valence-electron chi connectivity index (χ4n) is 5.71. The van der Waals surface area contributed by atoms with E-state index < -0.39 is 11.8 Å². The molecule has 0 radical (unpaired) electrons. The van der Waals surface area contributed by atoms with Crippen LogP contribution in [0.1, 0.15) is 56.9 Å². The second-order valence-electron chi connectivity index (χ2n) is 9.87. The van der Waals surface area contributed by atoms with Crippen molar-refractivity contribution in [3.8, 4) is 11.5 Å². The quantitative estimate of drug-likeness (QED) is 0.379. The molecule has 0 atom stereocenters. The van der Waals surface area contributed by atoms with Gasteiger partial charge < -0.3 is 19.7 Å². The Balaban J connectivity index is 1.49. The normalized spacial score (nSPS) is 17.7. The van der Waals surface area contributed by atoms with Gasteiger partial charge in [0, 0.05) is 54.0 Å². The number of carbonyl (C=O) groups is 3. The fourth-order valence-corrected chi connectivity index (χ4v) is 6.49. The average molecular weight is 644 g/mol. The van der Waals surface area contributed by atoms with Gasteiger partial charge in [-0.25, -0.2) is 4.39 Å². The maximum atomic E-state index is 13.3. The molecule has 0 unspecified atom stereocenters. The number of nitrogens with zero attached hydrogens (tertiary/aromatic N) is 1. The Morgan fingerprint density at radius 3 is 2.21 bits per heavy atom. The van der Waals surface area contributed by atoms with Crippen molar-refractivity contribution >= 4 is 45.8 Å². The molecule has 3 aliphatic rings. The molecule has 0 fully saturated rings. The number of nitrogens with one attached hydrogen (secondary N) is 1. The van der Waals surface area contributed by atoms with Crippen molar-refractivity contribution in [3.63, 3.8) is 0 Å². The highest BCUT2D eigenvalue weighted by Crippen LogP contribution is 2.50. The number of anilines is 1. The molecular formula is C30H30FIN2O5. The Bertz CT molecular complexity index is 1350. The molecule has 7 nitrogen and oxygen atoms in total. The van der Waals surface area contributed by atoms with Crippen LogP contribution >= 0.6 is 22.6 Å². The molecule has 2 aliphatic carbocycles. The molecule has 0 bridgehead atoms. The standard InChI is InChI=1S/C30H30FIN2O5/c1-3-38-25-15-17(14-20(32)30(25)39-16-26(37)33-19-12-10-18(31)11-13-19)27-28-21(6-4-8-23(28)35)34(2)22-7-5-9-24(36)29(22)27/h10-15,27H,3-9,16H2,1-2H3,(H,33,37). The van der Waals surface area contributed by atoms with E-state index in [9.17, 15) is 18.8 Å². The summed E-state index contributed by atoms with van der Waals surface area (Å²) in [6.07, 6.45) is 4.16. The van der Waals surface area contributed by atoms with Gasteiger partial charge >= 0.3 is 0 Å². The van der Waals surface area contributed by atoms with Crippen molar-refractivity contribution in [1.29, 1.82) is 0 Å². The van der Waals surface area contributed by atoms with E-state index in [1.165, 1.54) is 24.3 Å². The number of ether oxygens (including phenoxy) is 2. The van der Waals surface area contributed by atoms with Crippen LogP contribution in [-0.4, -0.2) is 42.6 Å². The lowest BCUT2D eigenvalue weighted by Gasteiger charge is -2.42. The minimum Gasteiger partial charge on any atom is -0.490 e. The topological polar surface area (TPSA) is 84.9 Å². The van der Waals surface area contributed by atoms with Crippen molar-refractivity contribution < 1.29 is 28.2 Å². The molecule has 1 N–H and O–H groups in total. The third kappa shape index (κ3) is 5.46. The van der Waals surface area contributed by atoms with Crippen LogP contribution in [0.5, 0.6) is 11.5 Å². The van der Waals surface area contributed by atoms with Crippen LogP contribution < -0.4 is 14.8 Å². The van der Waals surface area contributed by atoms with Gasteiger partial charge in [-0.3, -0.25) is 14.4 Å². The first-order chi connectivity index (χ1) is 18.8. The number of hydrogen-bond donors (Lipinski definition) is 1. The molecule has 0 saturated heterocycles. The van der Waals surface area contributed by atoms with Crippen LogP contribution in [-0.2, 0) is 14.4 Å². The number of carbonyl (C=O) groups excluding carboxylic acids is 3. The molecule has 2 aromatic rings. The lowest BCUT2D eigenvalue weighted by molar-refractivity contribution is -0.118. The van der Waals surface area contributed by atoms with Gasteiger partial charge in [-0.15, -0.1) is 0 Å². The first-order valence-electron chi connectivity index (χ1n) is 13.2. The highest BCUT2D eigenvalue weighted by molar-refractivity contribution is 14.1. The Kier molecular flexibility index (Phi) is 8.06. The van der Waals surface area contributed by atoms with E-state index in [0.29, 0.717) is 51.4 Å². The van der Waals surface area contributed by atoms with Crippen molar-refractivity contribution in [1.82, 2.24) is 4.90 Å². The summed E-state index contributed by atoms with van der Waals surface area (Å²) in [5.74, 6) is -0.201. The summed E-state index contributed by atoms with van der Waals surface area (Å²) >= 11 is 2.14. The lowest BCUT2D eigenvalue weighted by atomic mass is 9.71. The van der Waals surface area contributed by atoms with Gasteiger partial charge in [0.25, 0.3) is 5.91 Å². The minimum atomic E-state index is -0.449. The van der Waals surface area contributed by atoms with Gasteiger partial charge in [-0.2, -0.15) is 0 Å². The number of rotatable bonds is 7. The largest absolute Gasteiger partial charge is 0.490 e. The lowest BCUT2D eigenvalue weighted by Crippen LogP contribution is -2.37. The summed E-state index contributed by atoms with van der Waals surface area (Å²) in [6.45, 7) is 1.95. The molecule has 1 heterocycles. The maximum absolute atomic E-state index is 13.3. The van der Waals surface area contributed by atoms with Gasteiger partial charge in [0.1, 0.15) is 5.82 Å². The first-order valence-corrected chi connectivity index (χ1v) is 14.3. The van der Waals surface area contributed by atoms with E-state index in [1.807, 2.05) is 26.1 Å². The molecule has 0 saturated carbocycles. The number of benzene rings is 2. The second kappa shape index (κ2) is 11.5. The monoisotopic (exact) mass is 644 g/mol. The number of Topliss-reactive ketones (excluding diaryl/α,β-unsaturated/α-hetero) is 2. The third-order valence-electron chi connectivity index (χ3n) is 7.39. The number of hydrogen-bond acceptors (Lipinski definition) is 6. The van der Waals surface area contributed by atoms with Gasteiger partial charge in [0.05, 0.1) is 10.2 Å². The summed E-state index contributed by atoms with van der Waals surface area (Å²) in [6, 6.07) is 9.25. The number of ketones is 2. The zero-order valence-corrected chi connectivity index (χ0v) is 24.1. The predicted octanol–water partition coefficient (Wildman–Crippen LogP) is 5.89. The summed E-state index contributed by atoms with van der Waals surface area (Å²) in [4.78, 5) is 41.2. The van der Waals surface area contributed by atoms with Gasteiger partial charge in [-0.05, 0) is 97.2 Å². The van der Waals surface area contributed by atoms with Crippen molar-refractivity contribution in [2.45, 2.75) is 51.4 Å². The molecule has 1 aliphatic heterocycles. The summed E-state index contributed by atoms with van der Waals surface area (Å²) in [7, 11) is 1.97. The summed E-state index contributed by atoms with van der Waals surface area (Å²) in [5.41, 5.74) is 4.71. The Morgan fingerprint density at radius 1 is 1.00 bits per heavy atom. The Morgan fingerprint density at radius 2 is 1.62 bits per heavy atom. The van der Waals surface area contributed by atoms with Gasteiger partial charge in [0.2, 0.25) is 0 Å². The van der Waals surface area contributed by atoms with Crippen molar-refractivity contribution in [2.24, 2.45) is 0 Å². The van der Waals surface area contributed by atoms with Crippen LogP contribution in [0, 0.1) is 9.39 Å². The molecule has 9 heteroatoms. The second-order valence-corrected chi connectivity index (χ2v) is 11.0. The minimum absolute atomic E-state index is 0.0868. The third-order valence-corrected chi connectivity index (χ3v) is 8.19. The van der Waals surface area contributed by atoms with Crippen molar-refractivity contribution in [2.75, 3.05) is 25.6 Å². The number of halogens is 2. The summed E-state index contributed by atoms with van der Waals surface area (Å²) in [5, 5.41) is 2.68. The average Bonchev–Trinajstić information content (AvgIpc) is 2.91. The van der Waals surface area contributed by atoms with E-state index in [2.05, 4.69) is 32.8 Å². The molecule has 1 amide bonds. The smallest absolute Gasteiger partial charge is 0.262 e. The Labute approximate surface area is 240 Å². The SMILES string of the molecule is CCOc1cc(C2C3=C(CCCC3=O)N(C)C3=C2C(=O)CCC3)cc(I)c1OCC(=O)Nc1ccc(F)cc1. The molecule has 204 valence electrons. The zero-order chi connectivity index (χ0) is 27.7. The molecule has 0 spiro atoms. The Hall–Kier alpha value is -3.21. The molecule has 2 aromatic carbocycles. The highest BCUT2D eigenvalue weighted by Gasteiger charge is 2.42. The zero-order valence-electron chi connectivity index (χ0n) is 21.9. The highest BCUT2D eigenvalue weighted by atomic mass is 127. The first kappa shape index (κ1) is 27.4. The molecule has 0 aromatic heterocycles. The fraction of sp³-hybridized carbons (Fsp3) is 0.367. The molecule has 39 heavy (non-hydrogen) atoms. The van der Waals surface area contributed by atoms with E-state index >= 15 is 0 Å². The van der Waals surface area contributed by atoms with Crippen LogP contribution in [0.4, 0.5) is 10.1 Å². The van der Waals surface area contributed by atoms with E-state index in [-0.39, 0.29) is 24.0 Å². The van der Waals surface area contributed by atoms with Crippen LogP contribution in [0.25, 0.3) is 0 Å². The van der Waals surface area contributed by atoms with E-state index in [4.69, 9.17) is 9.47 Å². The molecular weight excluding hydrogens is 614 g/mol. The van der Waals surface area contributed by atoms with Crippen LogP contribution in [0.15, 0.2) is 58.9 Å². The van der Waals surface area contributed by atoms with Gasteiger partial charge in [-0.1, -0.05) is 0 Å². The van der Waals surface area contributed by atoms with Crippen molar-refractivity contribution in [3.05, 3.63) is 73.9 Å². The van der Waals surface area contributed by atoms with Crippen LogP contribution in [0.2, 0.25) is 0 Å². The number of allylic oxidation sites excluding steroid dienone is 4.